The van der Waals surface area contributed by atoms with Crippen LogP contribution >= 0.6 is 0 Å². The molecule has 0 nitrogen and oxygen atoms in total. The maximum Gasteiger partial charge on any atom is -0.0226 e. The lowest BCUT2D eigenvalue weighted by Gasteiger charge is -2.42. The van der Waals surface area contributed by atoms with Crippen molar-refractivity contribution in [2.45, 2.75) is 72.6 Å². The quantitative estimate of drug-likeness (QED) is 0.549. The molecule has 4 atom stereocenters. The second-order valence-electron chi connectivity index (χ2n) is 7.13. The smallest absolute Gasteiger partial charge is 0.0226 e. The molecule has 1 fully saturated rings. The number of hydrogen-bond acceptors (Lipinski definition) is 0. The third-order valence-corrected chi connectivity index (χ3v) is 5.61. The van der Waals surface area contributed by atoms with Gasteiger partial charge < -0.3 is 0 Å². The normalized spacial score (nSPS) is 35.6. The molecule has 0 spiro atoms. The zero-order valence-corrected chi connectivity index (χ0v) is 12.9. The molecule has 0 radical (unpaired) electrons. The van der Waals surface area contributed by atoms with Crippen molar-refractivity contribution in [3.05, 3.63) is 11.6 Å². The van der Waals surface area contributed by atoms with Gasteiger partial charge in [-0.1, -0.05) is 70.9 Å². The van der Waals surface area contributed by atoms with Gasteiger partial charge in [0.25, 0.3) is 0 Å². The Morgan fingerprint density at radius 3 is 2.56 bits per heavy atom. The maximum absolute atomic E-state index is 2.57. The van der Waals surface area contributed by atoms with E-state index in [-0.39, 0.29) is 0 Å². The zero-order valence-electron chi connectivity index (χ0n) is 12.9. The fourth-order valence-electron chi connectivity index (χ4n) is 4.98. The molecule has 0 N–H and O–H groups in total. The van der Waals surface area contributed by atoms with Gasteiger partial charge in [-0.15, -0.1) is 0 Å². The Bertz CT molecular complexity index is 282. The summed E-state index contributed by atoms with van der Waals surface area (Å²) < 4.78 is 0. The second kappa shape index (κ2) is 6.26. The first-order chi connectivity index (χ1) is 8.63. The van der Waals surface area contributed by atoms with Gasteiger partial charge in [0.1, 0.15) is 0 Å². The second-order valence-corrected chi connectivity index (χ2v) is 7.13. The number of rotatable bonds is 4. The highest BCUT2D eigenvalue weighted by molar-refractivity contribution is 5.10. The van der Waals surface area contributed by atoms with Crippen molar-refractivity contribution in [3.8, 4) is 0 Å². The molecule has 104 valence electrons. The van der Waals surface area contributed by atoms with E-state index in [1.807, 2.05) is 0 Å². The lowest BCUT2D eigenvalue weighted by Crippen LogP contribution is -2.34. The molecule has 2 rings (SSSR count). The molecule has 4 unspecified atom stereocenters. The van der Waals surface area contributed by atoms with Gasteiger partial charge in [0, 0.05) is 0 Å². The highest BCUT2D eigenvalue weighted by atomic mass is 14.4. The molecule has 1 saturated carbocycles. The molecule has 0 heterocycles. The summed E-state index contributed by atoms with van der Waals surface area (Å²) >= 11 is 0. The summed E-state index contributed by atoms with van der Waals surface area (Å²) in [6.45, 7) is 9.69. The Morgan fingerprint density at radius 2 is 1.94 bits per heavy atom. The van der Waals surface area contributed by atoms with Crippen LogP contribution in [0.25, 0.3) is 0 Å². The predicted molar refractivity (Wildman–Crippen MR) is 80.5 cm³/mol. The van der Waals surface area contributed by atoms with E-state index in [1.54, 1.807) is 5.57 Å². The van der Waals surface area contributed by atoms with Crippen molar-refractivity contribution in [2.75, 3.05) is 0 Å². The summed E-state index contributed by atoms with van der Waals surface area (Å²) in [6.07, 6.45) is 12.8. The average molecular weight is 248 g/mol. The fourth-order valence-corrected chi connectivity index (χ4v) is 4.98. The molecule has 0 aromatic carbocycles. The van der Waals surface area contributed by atoms with E-state index >= 15 is 0 Å². The van der Waals surface area contributed by atoms with E-state index in [4.69, 9.17) is 0 Å². The molecule has 0 aliphatic heterocycles. The predicted octanol–water partition coefficient (Wildman–Crippen LogP) is 5.83. The van der Waals surface area contributed by atoms with E-state index in [0.29, 0.717) is 0 Å². The van der Waals surface area contributed by atoms with Crippen LogP contribution in [-0.4, -0.2) is 0 Å². The lowest BCUT2D eigenvalue weighted by atomic mass is 9.63. The molecular weight excluding hydrogens is 216 g/mol. The van der Waals surface area contributed by atoms with Crippen molar-refractivity contribution in [2.24, 2.45) is 29.6 Å². The summed E-state index contributed by atoms with van der Waals surface area (Å²) in [4.78, 5) is 0. The van der Waals surface area contributed by atoms with Gasteiger partial charge in [-0.2, -0.15) is 0 Å². The summed E-state index contributed by atoms with van der Waals surface area (Å²) in [5, 5.41) is 0. The van der Waals surface area contributed by atoms with E-state index in [9.17, 15) is 0 Å². The van der Waals surface area contributed by atoms with Gasteiger partial charge in [-0.25, -0.2) is 0 Å². The fraction of sp³-hybridized carbons (Fsp3) is 0.889. The van der Waals surface area contributed by atoms with Crippen molar-refractivity contribution < 1.29 is 0 Å². The van der Waals surface area contributed by atoms with E-state index in [2.05, 4.69) is 33.8 Å². The van der Waals surface area contributed by atoms with Crippen molar-refractivity contribution >= 4 is 0 Å². The minimum absolute atomic E-state index is 0.811. The van der Waals surface area contributed by atoms with E-state index in [0.717, 1.165) is 29.6 Å². The van der Waals surface area contributed by atoms with Crippen LogP contribution in [0.5, 0.6) is 0 Å². The Balaban J connectivity index is 2.14. The van der Waals surface area contributed by atoms with Crippen LogP contribution in [0.2, 0.25) is 0 Å². The highest BCUT2D eigenvalue weighted by Gasteiger charge is 2.38. The van der Waals surface area contributed by atoms with Crippen LogP contribution in [0.1, 0.15) is 72.6 Å². The van der Waals surface area contributed by atoms with Crippen LogP contribution in [0.3, 0.4) is 0 Å². The number of allylic oxidation sites excluding steroid dienone is 2. The minimum atomic E-state index is 0.811. The van der Waals surface area contributed by atoms with Gasteiger partial charge in [-0.3, -0.25) is 0 Å². The minimum Gasteiger partial charge on any atom is -0.0825 e. The summed E-state index contributed by atoms with van der Waals surface area (Å²) in [5.74, 6) is 4.72. The molecule has 2 aliphatic carbocycles. The average Bonchev–Trinajstić information content (AvgIpc) is 2.81. The van der Waals surface area contributed by atoms with Crippen LogP contribution in [0.4, 0.5) is 0 Å². The summed E-state index contributed by atoms with van der Waals surface area (Å²) in [6, 6.07) is 0. The molecule has 0 heteroatoms. The van der Waals surface area contributed by atoms with Crippen LogP contribution in [0.15, 0.2) is 11.6 Å². The summed E-state index contributed by atoms with van der Waals surface area (Å²) in [7, 11) is 0. The van der Waals surface area contributed by atoms with Crippen LogP contribution in [-0.2, 0) is 0 Å². The first kappa shape index (κ1) is 14.2. The lowest BCUT2D eigenvalue weighted by molar-refractivity contribution is 0.116. The molecular formula is C18H32. The Hall–Kier alpha value is -0.260. The number of hydrogen-bond donors (Lipinski definition) is 0. The summed E-state index contributed by atoms with van der Waals surface area (Å²) in [5.41, 5.74) is 1.67. The monoisotopic (exact) mass is 248 g/mol. The molecule has 2 aliphatic rings. The molecule has 0 saturated heterocycles. The Labute approximate surface area is 114 Å². The van der Waals surface area contributed by atoms with E-state index in [1.165, 1.54) is 44.9 Å². The first-order valence-corrected chi connectivity index (χ1v) is 8.30. The largest absolute Gasteiger partial charge is 0.0825 e. The molecule has 0 aromatic rings. The van der Waals surface area contributed by atoms with Crippen molar-refractivity contribution in [1.82, 2.24) is 0 Å². The van der Waals surface area contributed by atoms with Gasteiger partial charge in [0.05, 0.1) is 0 Å². The van der Waals surface area contributed by atoms with Gasteiger partial charge in [-0.05, 0) is 42.9 Å². The molecule has 0 bridgehead atoms. The standard InChI is InChI=1S/C18H32/c1-5-8-14(3)18-15(4)11-13(2)12-17(18)16-9-6-7-10-16/h11,14-18H,5-10,12H2,1-4H3. The SMILES string of the molecule is CCCC(C)C1C(C)C=C(C)CC1C1CCCC1. The third kappa shape index (κ3) is 3.00. The van der Waals surface area contributed by atoms with Crippen LogP contribution in [0, 0.1) is 29.6 Å². The maximum atomic E-state index is 2.57. The highest BCUT2D eigenvalue weighted by Crippen LogP contribution is 2.47. The third-order valence-electron chi connectivity index (χ3n) is 5.61. The first-order valence-electron chi connectivity index (χ1n) is 8.30. The topological polar surface area (TPSA) is 0 Å². The van der Waals surface area contributed by atoms with Gasteiger partial charge >= 0.3 is 0 Å². The van der Waals surface area contributed by atoms with Crippen molar-refractivity contribution in [1.29, 1.82) is 0 Å². The van der Waals surface area contributed by atoms with Crippen molar-refractivity contribution in [3.63, 3.8) is 0 Å². The Morgan fingerprint density at radius 1 is 1.28 bits per heavy atom. The van der Waals surface area contributed by atoms with Gasteiger partial charge in [0.2, 0.25) is 0 Å². The molecule has 0 aromatic heterocycles. The zero-order chi connectivity index (χ0) is 13.1. The van der Waals surface area contributed by atoms with Crippen LogP contribution < -0.4 is 0 Å². The van der Waals surface area contributed by atoms with Gasteiger partial charge in [0.15, 0.2) is 0 Å². The Kier molecular flexibility index (Phi) is 4.92. The molecule has 18 heavy (non-hydrogen) atoms. The molecule has 0 amide bonds. The van der Waals surface area contributed by atoms with E-state index < -0.39 is 0 Å².